The molecule has 7 heteroatoms. The molecule has 6 nitrogen and oxygen atoms in total. The van der Waals surface area contributed by atoms with Gasteiger partial charge in [-0.3, -0.25) is 9.69 Å². The van der Waals surface area contributed by atoms with Crippen LogP contribution in [0.5, 0.6) is 0 Å². The maximum absolute atomic E-state index is 13.0. The van der Waals surface area contributed by atoms with E-state index in [9.17, 15) is 9.59 Å². The van der Waals surface area contributed by atoms with E-state index in [-0.39, 0.29) is 18.5 Å². The number of nitrogens with zero attached hydrogens (tertiary/aromatic N) is 2. The third-order valence-electron chi connectivity index (χ3n) is 4.33. The number of nitrogens with one attached hydrogen (secondary N) is 1. The lowest BCUT2D eigenvalue weighted by Crippen LogP contribution is -2.46. The number of aromatic nitrogens is 1. The summed E-state index contributed by atoms with van der Waals surface area (Å²) in [6, 6.07) is 3.34. The molecule has 3 heterocycles. The van der Waals surface area contributed by atoms with Crippen molar-refractivity contribution in [2.45, 2.75) is 38.3 Å². The number of urea groups is 1. The van der Waals surface area contributed by atoms with Gasteiger partial charge in [0, 0.05) is 16.5 Å². The molecule has 114 valence electrons. The van der Waals surface area contributed by atoms with Gasteiger partial charge in [-0.25, -0.2) is 4.79 Å². The summed E-state index contributed by atoms with van der Waals surface area (Å²) in [5.41, 5.74) is 0.657. The number of hydrogen-bond donors (Lipinski definition) is 1. The normalized spacial score (nSPS) is 24.0. The van der Waals surface area contributed by atoms with Gasteiger partial charge in [-0.15, -0.1) is 11.3 Å². The third kappa shape index (κ3) is 1.81. The molecule has 1 fully saturated rings. The van der Waals surface area contributed by atoms with Crippen molar-refractivity contribution in [1.29, 1.82) is 0 Å². The Hall–Kier alpha value is -2.15. The lowest BCUT2D eigenvalue weighted by Gasteiger charge is -2.31. The zero-order valence-electron chi connectivity index (χ0n) is 12.1. The van der Waals surface area contributed by atoms with E-state index in [1.54, 1.807) is 24.3 Å². The van der Waals surface area contributed by atoms with Crippen molar-refractivity contribution in [1.82, 2.24) is 15.4 Å². The van der Waals surface area contributed by atoms with Crippen LogP contribution in [-0.4, -0.2) is 22.0 Å². The minimum atomic E-state index is -0.885. The van der Waals surface area contributed by atoms with E-state index >= 15 is 0 Å². The van der Waals surface area contributed by atoms with Crippen LogP contribution in [0, 0.1) is 6.92 Å². The van der Waals surface area contributed by atoms with E-state index in [1.807, 2.05) is 11.4 Å². The average Bonchev–Trinajstić information content (AvgIpc) is 3.17. The molecule has 1 saturated heterocycles. The van der Waals surface area contributed by atoms with E-state index in [1.165, 1.54) is 9.78 Å². The van der Waals surface area contributed by atoms with E-state index < -0.39 is 5.54 Å². The Labute approximate surface area is 131 Å². The van der Waals surface area contributed by atoms with Crippen LogP contribution in [0.3, 0.4) is 0 Å². The van der Waals surface area contributed by atoms with E-state index in [4.69, 9.17) is 4.52 Å². The highest BCUT2D eigenvalue weighted by atomic mass is 32.1. The summed E-state index contributed by atoms with van der Waals surface area (Å²) < 4.78 is 5.01. The molecule has 22 heavy (non-hydrogen) atoms. The standard InChI is InChI=1S/C15H15N3O3S/c1-9-7-10(17-21-9)8-18-13(19)15(16-14(18)20)5-2-3-12-11(15)4-6-22-12/h4,6-7H,2-3,5,8H2,1H3,(H,16,20)/t15-/m1/s1. The van der Waals surface area contributed by atoms with Crippen LogP contribution in [0.1, 0.15) is 34.7 Å². The topological polar surface area (TPSA) is 75.4 Å². The second-order valence-corrected chi connectivity index (χ2v) is 6.77. The van der Waals surface area contributed by atoms with Gasteiger partial charge >= 0.3 is 6.03 Å². The van der Waals surface area contributed by atoms with Crippen molar-refractivity contribution in [3.63, 3.8) is 0 Å². The molecular weight excluding hydrogens is 302 g/mol. The largest absolute Gasteiger partial charge is 0.361 e. The van der Waals surface area contributed by atoms with Gasteiger partial charge in [-0.05, 0) is 37.6 Å². The Morgan fingerprint density at radius 3 is 3.14 bits per heavy atom. The predicted molar refractivity (Wildman–Crippen MR) is 79.3 cm³/mol. The number of carbonyl (C=O) groups excluding carboxylic acids is 2. The molecule has 1 atom stereocenters. The van der Waals surface area contributed by atoms with Crippen LogP contribution in [0.15, 0.2) is 22.0 Å². The number of hydrogen-bond acceptors (Lipinski definition) is 5. The van der Waals surface area contributed by atoms with E-state index in [0.717, 1.165) is 18.4 Å². The monoisotopic (exact) mass is 317 g/mol. The first-order valence-corrected chi connectivity index (χ1v) is 8.11. The molecule has 0 bridgehead atoms. The van der Waals surface area contributed by atoms with Gasteiger partial charge < -0.3 is 9.84 Å². The number of carbonyl (C=O) groups is 2. The van der Waals surface area contributed by atoms with Crippen LogP contribution in [0.2, 0.25) is 0 Å². The van der Waals surface area contributed by atoms with Gasteiger partial charge in [0.05, 0.1) is 6.54 Å². The Balaban J connectivity index is 1.68. The van der Waals surface area contributed by atoms with Crippen LogP contribution < -0.4 is 5.32 Å². The van der Waals surface area contributed by atoms with Gasteiger partial charge in [0.2, 0.25) is 0 Å². The van der Waals surface area contributed by atoms with Crippen LogP contribution in [-0.2, 0) is 23.3 Å². The number of aryl methyl sites for hydroxylation is 2. The van der Waals surface area contributed by atoms with Gasteiger partial charge in [-0.1, -0.05) is 5.16 Å². The Morgan fingerprint density at radius 2 is 2.36 bits per heavy atom. The molecule has 2 aliphatic rings. The van der Waals surface area contributed by atoms with Crippen molar-refractivity contribution in [3.8, 4) is 0 Å². The van der Waals surface area contributed by atoms with Gasteiger partial charge in [-0.2, -0.15) is 0 Å². The molecule has 0 radical (unpaired) electrons. The molecule has 1 spiro atoms. The Bertz CT molecular complexity index is 766. The molecule has 0 aromatic carbocycles. The molecule has 3 amide bonds. The first-order valence-electron chi connectivity index (χ1n) is 7.23. The quantitative estimate of drug-likeness (QED) is 0.863. The summed E-state index contributed by atoms with van der Waals surface area (Å²) >= 11 is 1.65. The van der Waals surface area contributed by atoms with Gasteiger partial charge in [0.15, 0.2) is 0 Å². The molecular formula is C15H15N3O3S. The Kier molecular flexibility index (Phi) is 2.87. The minimum absolute atomic E-state index is 0.142. The highest BCUT2D eigenvalue weighted by Crippen LogP contribution is 2.42. The Morgan fingerprint density at radius 1 is 1.50 bits per heavy atom. The zero-order chi connectivity index (χ0) is 15.3. The highest BCUT2D eigenvalue weighted by Gasteiger charge is 2.54. The molecule has 4 rings (SSSR count). The highest BCUT2D eigenvalue weighted by molar-refractivity contribution is 7.10. The van der Waals surface area contributed by atoms with E-state index in [0.29, 0.717) is 17.9 Å². The summed E-state index contributed by atoms with van der Waals surface area (Å²) in [7, 11) is 0. The van der Waals surface area contributed by atoms with Crippen molar-refractivity contribution < 1.29 is 14.1 Å². The van der Waals surface area contributed by atoms with Crippen LogP contribution in [0.25, 0.3) is 0 Å². The summed E-state index contributed by atoms with van der Waals surface area (Å²) in [6.45, 7) is 1.92. The number of fused-ring (bicyclic) bond motifs is 2. The van der Waals surface area contributed by atoms with Crippen molar-refractivity contribution in [2.75, 3.05) is 0 Å². The fraction of sp³-hybridized carbons (Fsp3) is 0.400. The average molecular weight is 317 g/mol. The van der Waals surface area contributed by atoms with E-state index in [2.05, 4.69) is 10.5 Å². The smallest absolute Gasteiger partial charge is 0.325 e. The maximum atomic E-state index is 13.0. The number of imide groups is 1. The molecule has 0 saturated carbocycles. The lowest BCUT2D eigenvalue weighted by atomic mass is 9.80. The van der Waals surface area contributed by atoms with Crippen LogP contribution in [0.4, 0.5) is 4.79 Å². The first-order chi connectivity index (χ1) is 10.6. The fourth-order valence-electron chi connectivity index (χ4n) is 3.34. The summed E-state index contributed by atoms with van der Waals surface area (Å²) in [5, 5.41) is 8.78. The summed E-state index contributed by atoms with van der Waals surface area (Å²) in [4.78, 5) is 27.7. The fourth-order valence-corrected chi connectivity index (χ4v) is 4.34. The molecule has 1 aliphatic heterocycles. The van der Waals surface area contributed by atoms with Crippen molar-refractivity contribution in [3.05, 3.63) is 39.4 Å². The molecule has 2 aromatic rings. The first kappa shape index (κ1) is 13.5. The second-order valence-electron chi connectivity index (χ2n) is 5.77. The molecule has 2 aromatic heterocycles. The summed E-state index contributed by atoms with van der Waals surface area (Å²) in [6.07, 6.45) is 2.52. The maximum Gasteiger partial charge on any atom is 0.325 e. The predicted octanol–water partition coefficient (Wildman–Crippen LogP) is 2.33. The van der Waals surface area contributed by atoms with Crippen LogP contribution >= 0.6 is 11.3 Å². The SMILES string of the molecule is Cc1cc(CN2C(=O)N[C@@]3(CCCc4sccc43)C2=O)no1. The second kappa shape index (κ2) is 4.67. The number of amides is 3. The third-order valence-corrected chi connectivity index (χ3v) is 5.31. The molecule has 1 aliphatic carbocycles. The molecule has 1 N–H and O–H groups in total. The van der Waals surface area contributed by atoms with Gasteiger partial charge in [0.25, 0.3) is 5.91 Å². The summed E-state index contributed by atoms with van der Waals surface area (Å²) in [5.74, 6) is 0.479. The zero-order valence-corrected chi connectivity index (χ0v) is 12.9. The lowest BCUT2D eigenvalue weighted by molar-refractivity contribution is -0.132. The minimum Gasteiger partial charge on any atom is -0.361 e. The van der Waals surface area contributed by atoms with Crippen molar-refractivity contribution in [2.24, 2.45) is 0 Å². The van der Waals surface area contributed by atoms with Crippen molar-refractivity contribution >= 4 is 23.3 Å². The molecule has 0 unspecified atom stereocenters. The van der Waals surface area contributed by atoms with Gasteiger partial charge in [0.1, 0.15) is 17.0 Å². The number of rotatable bonds is 2. The number of thiophene rings is 1.